The van der Waals surface area contributed by atoms with Crippen molar-refractivity contribution < 1.29 is 54.8 Å². The number of fused-ring (bicyclic) bond motifs is 1. The van der Waals surface area contributed by atoms with E-state index in [1.807, 2.05) is 0 Å². The van der Waals surface area contributed by atoms with Crippen LogP contribution in [-0.2, 0) is 4.74 Å². The van der Waals surface area contributed by atoms with Gasteiger partial charge in [-0.2, -0.15) is 0 Å². The lowest BCUT2D eigenvalue weighted by Crippen LogP contribution is -2.58. The Hall–Kier alpha value is -3.25. The summed E-state index contributed by atoms with van der Waals surface area (Å²) in [5, 5.41) is 69.2. The molecule has 0 aromatic heterocycles. The number of Topliss-reactive ketones (excluding diaryl/α,β-unsaturated/α-hetero) is 1. The van der Waals surface area contributed by atoms with Crippen molar-refractivity contribution in [2.24, 2.45) is 0 Å². The zero-order chi connectivity index (χ0) is 23.3. The molecule has 2 aliphatic rings. The highest BCUT2D eigenvalue weighted by Gasteiger charge is 2.43. The van der Waals surface area contributed by atoms with Crippen LogP contribution in [0, 0.1) is 0 Å². The van der Waals surface area contributed by atoms with Crippen molar-refractivity contribution in [3.8, 4) is 34.5 Å². The zero-order valence-corrected chi connectivity index (χ0v) is 16.7. The van der Waals surface area contributed by atoms with E-state index in [1.165, 1.54) is 13.0 Å². The number of hydrogen-bond acceptors (Lipinski definition) is 11. The summed E-state index contributed by atoms with van der Waals surface area (Å²) in [4.78, 5) is 12.6. The maximum absolute atomic E-state index is 12.6. The Balaban J connectivity index is 1.62. The van der Waals surface area contributed by atoms with Crippen LogP contribution in [0.1, 0.15) is 35.4 Å². The van der Waals surface area contributed by atoms with Gasteiger partial charge in [0.05, 0.1) is 12.5 Å². The summed E-state index contributed by atoms with van der Waals surface area (Å²) < 4.78 is 16.7. The van der Waals surface area contributed by atoms with Crippen LogP contribution in [0.25, 0.3) is 0 Å². The molecule has 2 aromatic carbocycles. The Morgan fingerprint density at radius 2 is 1.56 bits per heavy atom. The molecule has 0 aliphatic carbocycles. The molecule has 2 aromatic rings. The molecule has 0 radical (unpaired) electrons. The lowest BCUT2D eigenvalue weighted by atomic mass is 9.95. The first kappa shape index (κ1) is 22.0. The lowest BCUT2D eigenvalue weighted by molar-refractivity contribution is -0.268. The predicted octanol–water partition coefficient (Wildman–Crippen LogP) is 0.422. The molecule has 11 heteroatoms. The Morgan fingerprint density at radius 3 is 2.22 bits per heavy atom. The van der Waals surface area contributed by atoms with E-state index in [0.717, 1.165) is 18.2 Å². The average Bonchev–Trinajstić information content (AvgIpc) is 2.73. The number of hydrogen-bond donors (Lipinski definition) is 7. The molecule has 0 saturated carbocycles. The van der Waals surface area contributed by atoms with Crippen LogP contribution in [0.3, 0.4) is 0 Å². The quantitative estimate of drug-likeness (QED) is 0.321. The number of phenols is 4. The van der Waals surface area contributed by atoms with Gasteiger partial charge in [-0.05, 0) is 19.1 Å². The van der Waals surface area contributed by atoms with Gasteiger partial charge in [-0.25, -0.2) is 0 Å². The van der Waals surface area contributed by atoms with Gasteiger partial charge in [0.15, 0.2) is 23.0 Å². The maximum atomic E-state index is 12.6. The highest BCUT2D eigenvalue weighted by molar-refractivity contribution is 6.02. The summed E-state index contributed by atoms with van der Waals surface area (Å²) in [6.07, 6.45) is -7.80. The molecule has 32 heavy (non-hydrogen) atoms. The topological polar surface area (TPSA) is 186 Å². The Morgan fingerprint density at radius 1 is 0.906 bits per heavy atom. The van der Waals surface area contributed by atoms with Crippen LogP contribution >= 0.6 is 0 Å². The minimum absolute atomic E-state index is 0.0501. The first-order valence-electron chi connectivity index (χ1n) is 9.74. The molecule has 1 fully saturated rings. The number of carbonyl (C=O) groups is 1. The number of aliphatic hydroxyl groups is 3. The van der Waals surface area contributed by atoms with Crippen LogP contribution in [0.4, 0.5) is 0 Å². The molecule has 6 unspecified atom stereocenters. The summed E-state index contributed by atoms with van der Waals surface area (Å²) in [7, 11) is 0. The fourth-order valence-electron chi connectivity index (χ4n) is 3.72. The first-order valence-corrected chi connectivity index (χ1v) is 9.74. The van der Waals surface area contributed by atoms with Gasteiger partial charge < -0.3 is 50.0 Å². The van der Waals surface area contributed by atoms with Crippen LogP contribution in [-0.4, -0.2) is 72.2 Å². The molecule has 2 heterocycles. The van der Waals surface area contributed by atoms with Gasteiger partial charge in [-0.15, -0.1) is 0 Å². The fraction of sp³-hybridized carbons (Fsp3) is 0.381. The molecule has 172 valence electrons. The Bertz CT molecular complexity index is 1030. The van der Waals surface area contributed by atoms with Gasteiger partial charge >= 0.3 is 0 Å². The normalized spacial score (nSPS) is 29.8. The molecular weight excluding hydrogens is 428 g/mol. The van der Waals surface area contributed by atoms with Crippen LogP contribution in [0.15, 0.2) is 24.3 Å². The number of benzene rings is 2. The van der Waals surface area contributed by atoms with E-state index in [4.69, 9.17) is 14.2 Å². The minimum Gasteiger partial charge on any atom is -0.507 e. The number of carbonyl (C=O) groups excluding carboxylic acids is 1. The molecule has 1 saturated heterocycles. The van der Waals surface area contributed by atoms with Gasteiger partial charge in [-0.3, -0.25) is 4.79 Å². The SMILES string of the molecule is CC1OC(Oc2cc(O)c3c(c2)OC(c2cc(O)c(O)c(O)c2)CC3=O)C(O)C(O)C1O. The van der Waals surface area contributed by atoms with Crippen molar-refractivity contribution in [3.63, 3.8) is 0 Å². The third kappa shape index (κ3) is 3.75. The molecule has 4 rings (SSSR count). The third-order valence-corrected chi connectivity index (χ3v) is 5.50. The average molecular weight is 450 g/mol. The van der Waals surface area contributed by atoms with Crippen LogP contribution in [0.2, 0.25) is 0 Å². The molecular formula is C21H22O11. The van der Waals surface area contributed by atoms with Crippen molar-refractivity contribution in [2.75, 3.05) is 0 Å². The smallest absolute Gasteiger partial charge is 0.229 e. The summed E-state index contributed by atoms with van der Waals surface area (Å²) in [6, 6.07) is 4.67. The second-order valence-electron chi connectivity index (χ2n) is 7.76. The van der Waals surface area contributed by atoms with Crippen molar-refractivity contribution in [3.05, 3.63) is 35.4 Å². The largest absolute Gasteiger partial charge is 0.507 e. The van der Waals surface area contributed by atoms with Crippen molar-refractivity contribution in [1.82, 2.24) is 0 Å². The van der Waals surface area contributed by atoms with Crippen molar-refractivity contribution in [1.29, 1.82) is 0 Å². The second kappa shape index (κ2) is 8.02. The number of ether oxygens (including phenoxy) is 3. The zero-order valence-electron chi connectivity index (χ0n) is 16.7. The fourth-order valence-corrected chi connectivity index (χ4v) is 3.72. The molecule has 11 nitrogen and oxygen atoms in total. The van der Waals surface area contributed by atoms with Gasteiger partial charge in [-0.1, -0.05) is 0 Å². The molecule has 0 bridgehead atoms. The maximum Gasteiger partial charge on any atom is 0.229 e. The van der Waals surface area contributed by atoms with Gasteiger partial charge in [0.1, 0.15) is 47.2 Å². The molecule has 0 spiro atoms. The lowest BCUT2D eigenvalue weighted by Gasteiger charge is -2.39. The van der Waals surface area contributed by atoms with Gasteiger partial charge in [0.2, 0.25) is 6.29 Å². The van der Waals surface area contributed by atoms with Crippen LogP contribution in [0.5, 0.6) is 34.5 Å². The van der Waals surface area contributed by atoms with E-state index in [1.54, 1.807) is 0 Å². The summed E-state index contributed by atoms with van der Waals surface area (Å²) >= 11 is 0. The van der Waals surface area contributed by atoms with Gasteiger partial charge in [0.25, 0.3) is 0 Å². The number of phenolic OH excluding ortho intramolecular Hbond substituents is 4. The van der Waals surface area contributed by atoms with E-state index < -0.39 is 65.6 Å². The highest BCUT2D eigenvalue weighted by Crippen LogP contribution is 2.45. The number of aromatic hydroxyl groups is 4. The summed E-state index contributed by atoms with van der Waals surface area (Å²) in [5.41, 5.74) is 0.106. The second-order valence-corrected chi connectivity index (χ2v) is 7.76. The van der Waals surface area contributed by atoms with E-state index in [2.05, 4.69) is 0 Å². The summed E-state index contributed by atoms with van der Waals surface area (Å²) in [5.74, 6) is -2.94. The van der Waals surface area contributed by atoms with E-state index in [0.29, 0.717) is 0 Å². The Labute approximate surface area is 181 Å². The van der Waals surface area contributed by atoms with Gasteiger partial charge in [0, 0.05) is 17.7 Å². The number of ketones is 1. The van der Waals surface area contributed by atoms with Crippen LogP contribution < -0.4 is 9.47 Å². The highest BCUT2D eigenvalue weighted by atomic mass is 16.7. The first-order chi connectivity index (χ1) is 15.1. The number of aliphatic hydroxyl groups excluding tert-OH is 3. The summed E-state index contributed by atoms with van der Waals surface area (Å²) in [6.45, 7) is 1.48. The Kier molecular flexibility index (Phi) is 5.51. The number of rotatable bonds is 3. The third-order valence-electron chi connectivity index (χ3n) is 5.50. The molecule has 0 amide bonds. The van der Waals surface area contributed by atoms with Crippen molar-refractivity contribution in [2.45, 2.75) is 50.2 Å². The predicted molar refractivity (Wildman–Crippen MR) is 105 cm³/mol. The van der Waals surface area contributed by atoms with E-state index in [-0.39, 0.29) is 29.0 Å². The molecule has 7 N–H and O–H groups in total. The monoisotopic (exact) mass is 450 g/mol. The standard InChI is InChI=1S/C21H22O11/c1-7-17(26)19(28)20(29)21(30-7)31-9-4-10(22)16-11(23)6-14(32-15(16)5-9)8-2-12(24)18(27)13(25)3-8/h2-5,7,14,17,19-22,24-29H,6H2,1H3. The van der Waals surface area contributed by atoms with Crippen molar-refractivity contribution >= 4 is 5.78 Å². The van der Waals surface area contributed by atoms with E-state index in [9.17, 15) is 40.5 Å². The van der Waals surface area contributed by atoms with E-state index >= 15 is 0 Å². The molecule has 2 aliphatic heterocycles. The molecule has 6 atom stereocenters. The minimum atomic E-state index is -1.59.